The second-order valence-electron chi connectivity index (χ2n) is 4.77. The second kappa shape index (κ2) is 6.31. The van der Waals surface area contributed by atoms with Crippen LogP contribution in [0.1, 0.15) is 11.3 Å². The molecule has 0 spiro atoms. The van der Waals surface area contributed by atoms with Gasteiger partial charge in [-0.15, -0.1) is 5.10 Å². The van der Waals surface area contributed by atoms with Crippen molar-refractivity contribution in [2.75, 3.05) is 18.1 Å². The van der Waals surface area contributed by atoms with Crippen LogP contribution in [0.15, 0.2) is 28.2 Å². The zero-order chi connectivity index (χ0) is 16.4. The van der Waals surface area contributed by atoms with Gasteiger partial charge in [-0.25, -0.2) is 20.8 Å². The van der Waals surface area contributed by atoms with Gasteiger partial charge in [0.1, 0.15) is 18.6 Å². The highest BCUT2D eigenvalue weighted by Gasteiger charge is 2.28. The summed E-state index contributed by atoms with van der Waals surface area (Å²) >= 11 is 5.92. The topological polar surface area (TPSA) is 115 Å². The molecular formula is C13H14ClFN6O2. The molecule has 0 bridgehead atoms. The standard InChI is InChI=1S/C13H14ClFN6O2/c14-8-3-9-12(10(11(8)15)13(16)19-20-17)21(1-2-23-9)4-7-5-22-6-18-7/h3,5-6,20H,1-2,4,17H2,(H2,16,19). The Hall–Kier alpha value is -2.52. The summed E-state index contributed by atoms with van der Waals surface area (Å²) in [6, 6.07) is 1.41. The van der Waals surface area contributed by atoms with Crippen molar-refractivity contribution in [1.29, 1.82) is 0 Å². The number of aromatic nitrogens is 1. The predicted octanol–water partition coefficient (Wildman–Crippen LogP) is 0.950. The van der Waals surface area contributed by atoms with E-state index in [1.54, 1.807) is 0 Å². The summed E-state index contributed by atoms with van der Waals surface area (Å²) in [4.78, 5) is 5.94. The molecule has 2 heterocycles. The lowest BCUT2D eigenvalue weighted by Crippen LogP contribution is -2.35. The SMILES string of the molecule is NN/N=C(\N)c1c(F)c(Cl)cc2c1N(Cc1cocn1)CCO2. The highest BCUT2D eigenvalue weighted by atomic mass is 35.5. The van der Waals surface area contributed by atoms with E-state index in [0.717, 1.165) is 0 Å². The molecule has 2 aromatic rings. The lowest BCUT2D eigenvalue weighted by Gasteiger charge is -2.32. The lowest BCUT2D eigenvalue weighted by molar-refractivity contribution is 0.306. The van der Waals surface area contributed by atoms with Gasteiger partial charge in [0.25, 0.3) is 0 Å². The molecule has 0 saturated heterocycles. The molecule has 0 saturated carbocycles. The Morgan fingerprint density at radius 2 is 2.39 bits per heavy atom. The van der Waals surface area contributed by atoms with Crippen molar-refractivity contribution in [2.45, 2.75) is 6.54 Å². The molecule has 0 aliphatic carbocycles. The van der Waals surface area contributed by atoms with Crippen LogP contribution in [-0.2, 0) is 6.54 Å². The smallest absolute Gasteiger partial charge is 0.180 e. The van der Waals surface area contributed by atoms with Crippen molar-refractivity contribution in [1.82, 2.24) is 10.5 Å². The van der Waals surface area contributed by atoms with Crippen LogP contribution in [0.3, 0.4) is 0 Å². The van der Waals surface area contributed by atoms with Crippen LogP contribution in [0.25, 0.3) is 0 Å². The number of nitrogens with zero attached hydrogens (tertiary/aromatic N) is 3. The minimum Gasteiger partial charge on any atom is -0.489 e. The molecule has 0 unspecified atom stereocenters. The minimum atomic E-state index is -0.697. The summed E-state index contributed by atoms with van der Waals surface area (Å²) in [5.74, 6) is 4.71. The first kappa shape index (κ1) is 15.4. The molecular weight excluding hydrogens is 327 g/mol. The van der Waals surface area contributed by atoms with Gasteiger partial charge in [0.15, 0.2) is 18.0 Å². The van der Waals surface area contributed by atoms with E-state index in [1.807, 2.05) is 10.4 Å². The molecule has 0 atom stereocenters. The number of ether oxygens (including phenoxy) is 1. The first-order valence-electron chi connectivity index (χ1n) is 6.67. The largest absolute Gasteiger partial charge is 0.489 e. The molecule has 0 radical (unpaired) electrons. The Morgan fingerprint density at radius 3 is 3.09 bits per heavy atom. The van der Waals surface area contributed by atoms with Crippen molar-refractivity contribution in [3.63, 3.8) is 0 Å². The monoisotopic (exact) mass is 340 g/mol. The number of nitrogens with two attached hydrogens (primary N) is 2. The average molecular weight is 341 g/mol. The quantitative estimate of drug-likeness (QED) is 0.328. The second-order valence-corrected chi connectivity index (χ2v) is 5.18. The van der Waals surface area contributed by atoms with E-state index in [-0.39, 0.29) is 16.4 Å². The van der Waals surface area contributed by atoms with Gasteiger partial charge in [-0.2, -0.15) is 0 Å². The Balaban J connectivity index is 2.12. The fourth-order valence-corrected chi connectivity index (χ4v) is 2.62. The Morgan fingerprint density at radius 1 is 1.57 bits per heavy atom. The zero-order valence-corrected chi connectivity index (χ0v) is 12.7. The average Bonchev–Trinajstić information content (AvgIpc) is 3.02. The third-order valence-electron chi connectivity index (χ3n) is 3.37. The fraction of sp³-hybridized carbons (Fsp3) is 0.231. The number of oxazole rings is 1. The maximum absolute atomic E-state index is 14.5. The maximum Gasteiger partial charge on any atom is 0.180 e. The summed E-state index contributed by atoms with van der Waals surface area (Å²) in [7, 11) is 0. The Bertz CT molecular complexity index is 737. The number of hydrogen-bond donors (Lipinski definition) is 3. The third-order valence-corrected chi connectivity index (χ3v) is 3.64. The van der Waals surface area contributed by atoms with E-state index in [2.05, 4.69) is 10.1 Å². The normalized spacial score (nSPS) is 14.4. The van der Waals surface area contributed by atoms with Gasteiger partial charge in [-0.3, -0.25) is 0 Å². The number of anilines is 1. The van der Waals surface area contributed by atoms with E-state index in [9.17, 15) is 4.39 Å². The van der Waals surface area contributed by atoms with Gasteiger partial charge >= 0.3 is 0 Å². The van der Waals surface area contributed by atoms with Crippen LogP contribution in [-0.4, -0.2) is 24.0 Å². The molecule has 1 aliphatic heterocycles. The molecule has 5 N–H and O–H groups in total. The van der Waals surface area contributed by atoms with Crippen LogP contribution < -0.4 is 26.7 Å². The molecule has 8 nitrogen and oxygen atoms in total. The van der Waals surface area contributed by atoms with Gasteiger partial charge < -0.3 is 19.8 Å². The molecule has 0 fully saturated rings. The zero-order valence-electron chi connectivity index (χ0n) is 11.9. The lowest BCUT2D eigenvalue weighted by atomic mass is 10.1. The molecule has 1 aromatic heterocycles. The number of benzene rings is 1. The van der Waals surface area contributed by atoms with Crippen molar-refractivity contribution in [3.8, 4) is 5.75 Å². The summed E-state index contributed by atoms with van der Waals surface area (Å²) in [6.07, 6.45) is 2.84. The third kappa shape index (κ3) is 2.88. The van der Waals surface area contributed by atoms with E-state index in [4.69, 9.17) is 32.3 Å². The van der Waals surface area contributed by atoms with E-state index >= 15 is 0 Å². The van der Waals surface area contributed by atoms with Crippen LogP contribution in [0.2, 0.25) is 5.02 Å². The minimum absolute atomic E-state index is 0.0219. The highest BCUT2D eigenvalue weighted by molar-refractivity contribution is 6.31. The molecule has 1 aliphatic rings. The number of halogens is 2. The first-order valence-corrected chi connectivity index (χ1v) is 7.05. The van der Waals surface area contributed by atoms with Gasteiger partial charge in [0, 0.05) is 6.07 Å². The molecule has 0 amide bonds. The highest BCUT2D eigenvalue weighted by Crippen LogP contribution is 2.40. The molecule has 1 aromatic carbocycles. The number of nitrogens with one attached hydrogen (secondary N) is 1. The van der Waals surface area contributed by atoms with E-state index in [1.165, 1.54) is 18.7 Å². The van der Waals surface area contributed by atoms with Gasteiger partial charge in [0.2, 0.25) is 0 Å². The van der Waals surface area contributed by atoms with Crippen LogP contribution in [0.5, 0.6) is 5.75 Å². The van der Waals surface area contributed by atoms with Crippen molar-refractivity contribution in [3.05, 3.63) is 40.8 Å². The summed E-state index contributed by atoms with van der Waals surface area (Å²) < 4.78 is 25.1. The Labute approximate surface area is 135 Å². The maximum atomic E-state index is 14.5. The van der Waals surface area contributed by atoms with Crippen molar-refractivity contribution in [2.24, 2.45) is 16.7 Å². The van der Waals surface area contributed by atoms with Crippen LogP contribution >= 0.6 is 11.6 Å². The van der Waals surface area contributed by atoms with Crippen LogP contribution in [0, 0.1) is 5.82 Å². The number of hydrazone groups is 1. The van der Waals surface area contributed by atoms with Crippen LogP contribution in [0.4, 0.5) is 10.1 Å². The predicted molar refractivity (Wildman–Crippen MR) is 82.5 cm³/mol. The molecule has 3 rings (SSSR count). The fourth-order valence-electron chi connectivity index (χ4n) is 2.42. The summed E-state index contributed by atoms with van der Waals surface area (Å²) in [5, 5.41) is 3.53. The van der Waals surface area contributed by atoms with E-state index in [0.29, 0.717) is 36.8 Å². The Kier molecular flexibility index (Phi) is 4.22. The summed E-state index contributed by atoms with van der Waals surface area (Å²) in [6.45, 7) is 1.32. The number of hydrogen-bond acceptors (Lipinski definition) is 7. The first-order chi connectivity index (χ1) is 11.1. The van der Waals surface area contributed by atoms with E-state index < -0.39 is 5.82 Å². The number of fused-ring (bicyclic) bond motifs is 1. The van der Waals surface area contributed by atoms with Crippen molar-refractivity contribution >= 4 is 23.1 Å². The summed E-state index contributed by atoms with van der Waals surface area (Å²) in [5.41, 5.74) is 9.02. The van der Waals surface area contributed by atoms with Gasteiger partial charge in [-0.1, -0.05) is 11.6 Å². The van der Waals surface area contributed by atoms with Crippen molar-refractivity contribution < 1.29 is 13.5 Å². The number of rotatable bonds is 4. The van der Waals surface area contributed by atoms with Gasteiger partial charge in [0.05, 0.1) is 35.1 Å². The number of amidine groups is 1. The molecule has 122 valence electrons. The van der Waals surface area contributed by atoms with Gasteiger partial charge in [-0.05, 0) is 0 Å². The number of hydrazine groups is 1. The molecule has 10 heteroatoms. The molecule has 23 heavy (non-hydrogen) atoms.